The quantitative estimate of drug-likeness (QED) is 0.761. The fourth-order valence-corrected chi connectivity index (χ4v) is 2.68. The summed E-state index contributed by atoms with van der Waals surface area (Å²) >= 11 is 1.85. The molecular formula is C12H16N2S. The van der Waals surface area contributed by atoms with E-state index in [1.54, 1.807) is 0 Å². The molecule has 2 rings (SSSR count). The molecule has 0 amide bonds. The molecule has 0 radical (unpaired) electrons. The van der Waals surface area contributed by atoms with Gasteiger partial charge in [0.25, 0.3) is 0 Å². The number of nitrogens with zero attached hydrogens (tertiary/aromatic N) is 2. The first-order valence-corrected chi connectivity index (χ1v) is 6.32. The summed E-state index contributed by atoms with van der Waals surface area (Å²) in [4.78, 5) is 7.05. The molecule has 0 spiro atoms. The Balaban J connectivity index is 2.26. The molecule has 1 heterocycles. The van der Waals surface area contributed by atoms with Crippen LogP contribution in [0.3, 0.4) is 0 Å². The first-order chi connectivity index (χ1) is 7.31. The van der Waals surface area contributed by atoms with E-state index < -0.39 is 0 Å². The molecule has 0 aromatic heterocycles. The van der Waals surface area contributed by atoms with Crippen molar-refractivity contribution < 1.29 is 0 Å². The van der Waals surface area contributed by atoms with Crippen LogP contribution in [0.1, 0.15) is 12.5 Å². The molecule has 1 fully saturated rings. The van der Waals surface area contributed by atoms with Crippen LogP contribution in [0.15, 0.2) is 29.3 Å². The number of aliphatic imine (C=N–C) groups is 1. The van der Waals surface area contributed by atoms with Gasteiger partial charge in [-0.25, -0.2) is 4.99 Å². The molecule has 80 valence electrons. The van der Waals surface area contributed by atoms with Gasteiger partial charge >= 0.3 is 0 Å². The van der Waals surface area contributed by atoms with Crippen molar-refractivity contribution >= 4 is 22.6 Å². The second-order valence-corrected chi connectivity index (χ2v) is 4.67. The lowest BCUT2D eigenvalue weighted by Gasteiger charge is -2.14. The summed E-state index contributed by atoms with van der Waals surface area (Å²) in [7, 11) is 0. The maximum absolute atomic E-state index is 4.72. The zero-order valence-corrected chi connectivity index (χ0v) is 10.0. The van der Waals surface area contributed by atoms with Gasteiger partial charge in [-0.15, -0.1) is 0 Å². The number of rotatable bonds is 2. The summed E-state index contributed by atoms with van der Waals surface area (Å²) in [5.41, 5.74) is 2.34. The van der Waals surface area contributed by atoms with E-state index in [9.17, 15) is 0 Å². The smallest absolute Gasteiger partial charge is 0.164 e. The van der Waals surface area contributed by atoms with Gasteiger partial charge in [0.1, 0.15) is 0 Å². The number of amidine groups is 1. The van der Waals surface area contributed by atoms with Crippen molar-refractivity contribution in [3.63, 3.8) is 0 Å². The minimum Gasteiger partial charge on any atom is -0.351 e. The van der Waals surface area contributed by atoms with E-state index in [-0.39, 0.29) is 0 Å². The number of thioether (sulfide) groups is 1. The van der Waals surface area contributed by atoms with Crippen LogP contribution in [0.2, 0.25) is 0 Å². The Hall–Kier alpha value is -0.960. The Kier molecular flexibility index (Phi) is 3.31. The molecule has 15 heavy (non-hydrogen) atoms. The summed E-state index contributed by atoms with van der Waals surface area (Å²) in [6, 6.07) is 8.28. The molecule has 1 aromatic rings. The summed E-state index contributed by atoms with van der Waals surface area (Å²) < 4.78 is 0. The van der Waals surface area contributed by atoms with Crippen molar-refractivity contribution in [3.05, 3.63) is 29.8 Å². The van der Waals surface area contributed by atoms with Gasteiger partial charge in [-0.1, -0.05) is 30.0 Å². The summed E-state index contributed by atoms with van der Waals surface area (Å²) in [5.74, 6) is 1.17. The topological polar surface area (TPSA) is 15.6 Å². The van der Waals surface area contributed by atoms with Gasteiger partial charge < -0.3 is 4.90 Å². The number of para-hydroxylation sites is 1. The Morgan fingerprint density at radius 2 is 2.20 bits per heavy atom. The lowest BCUT2D eigenvalue weighted by Crippen LogP contribution is -2.23. The molecule has 0 N–H and O–H groups in total. The molecule has 2 nitrogen and oxygen atoms in total. The van der Waals surface area contributed by atoms with Crippen molar-refractivity contribution in [3.8, 4) is 0 Å². The molecule has 0 saturated carbocycles. The maximum Gasteiger partial charge on any atom is 0.164 e. The average Bonchev–Trinajstić information content (AvgIpc) is 2.69. The third-order valence-corrected chi connectivity index (χ3v) is 3.57. The van der Waals surface area contributed by atoms with Crippen LogP contribution in [0.4, 0.5) is 5.69 Å². The van der Waals surface area contributed by atoms with E-state index in [2.05, 4.69) is 36.9 Å². The van der Waals surface area contributed by atoms with Crippen molar-refractivity contribution in [2.24, 2.45) is 4.99 Å². The van der Waals surface area contributed by atoms with E-state index in [4.69, 9.17) is 4.99 Å². The van der Waals surface area contributed by atoms with Gasteiger partial charge in [-0.05, 0) is 25.5 Å². The molecule has 1 aliphatic rings. The highest BCUT2D eigenvalue weighted by molar-refractivity contribution is 8.14. The summed E-state index contributed by atoms with van der Waals surface area (Å²) in [5, 5.41) is 1.17. The molecule has 0 aliphatic carbocycles. The van der Waals surface area contributed by atoms with Gasteiger partial charge in [-0.3, -0.25) is 0 Å². The Labute approximate surface area is 95.4 Å². The largest absolute Gasteiger partial charge is 0.351 e. The number of hydrogen-bond donors (Lipinski definition) is 0. The van der Waals surface area contributed by atoms with Crippen LogP contribution in [-0.4, -0.2) is 28.9 Å². The molecule has 3 heteroatoms. The highest BCUT2D eigenvalue weighted by Gasteiger charge is 2.17. The third-order valence-electron chi connectivity index (χ3n) is 2.58. The van der Waals surface area contributed by atoms with Gasteiger partial charge in [0.2, 0.25) is 0 Å². The molecular weight excluding hydrogens is 204 g/mol. The fourth-order valence-electron chi connectivity index (χ4n) is 1.62. The lowest BCUT2D eigenvalue weighted by molar-refractivity contribution is 0.489. The standard InChI is InChI=1S/C12H16N2S/c1-3-14-8-9-15-12(14)13-11-7-5-4-6-10(11)2/h4-7H,3,8-9H2,1-2H3. The van der Waals surface area contributed by atoms with E-state index in [0.29, 0.717) is 0 Å². The highest BCUT2D eigenvalue weighted by atomic mass is 32.2. The van der Waals surface area contributed by atoms with Crippen molar-refractivity contribution in [2.75, 3.05) is 18.8 Å². The number of benzene rings is 1. The normalized spacial score (nSPS) is 18.8. The lowest BCUT2D eigenvalue weighted by atomic mass is 10.2. The van der Waals surface area contributed by atoms with E-state index in [1.807, 2.05) is 17.8 Å². The molecule has 1 saturated heterocycles. The van der Waals surface area contributed by atoms with E-state index >= 15 is 0 Å². The first-order valence-electron chi connectivity index (χ1n) is 5.33. The van der Waals surface area contributed by atoms with Gasteiger partial charge in [0.05, 0.1) is 5.69 Å². The molecule has 0 bridgehead atoms. The first kappa shape index (κ1) is 10.6. The summed E-state index contributed by atoms with van der Waals surface area (Å²) in [6.07, 6.45) is 0. The van der Waals surface area contributed by atoms with E-state index in [1.165, 1.54) is 16.5 Å². The van der Waals surface area contributed by atoms with Crippen molar-refractivity contribution in [1.82, 2.24) is 4.90 Å². The monoisotopic (exact) mass is 220 g/mol. The predicted octanol–water partition coefficient (Wildman–Crippen LogP) is 3.05. The highest BCUT2D eigenvalue weighted by Crippen LogP contribution is 2.24. The fraction of sp³-hybridized carbons (Fsp3) is 0.417. The van der Waals surface area contributed by atoms with Crippen LogP contribution in [0.5, 0.6) is 0 Å². The zero-order valence-electron chi connectivity index (χ0n) is 9.23. The van der Waals surface area contributed by atoms with Crippen LogP contribution in [0.25, 0.3) is 0 Å². The second-order valence-electron chi connectivity index (χ2n) is 3.61. The average molecular weight is 220 g/mol. The summed E-state index contributed by atoms with van der Waals surface area (Å²) in [6.45, 7) is 6.47. The minimum absolute atomic E-state index is 1.05. The SMILES string of the molecule is CCN1CCSC1=Nc1ccccc1C. The predicted molar refractivity (Wildman–Crippen MR) is 68.0 cm³/mol. The van der Waals surface area contributed by atoms with Gasteiger partial charge in [0, 0.05) is 18.8 Å². The van der Waals surface area contributed by atoms with Crippen molar-refractivity contribution in [1.29, 1.82) is 0 Å². The van der Waals surface area contributed by atoms with Crippen LogP contribution < -0.4 is 0 Å². The van der Waals surface area contributed by atoms with Gasteiger partial charge in [-0.2, -0.15) is 0 Å². The van der Waals surface area contributed by atoms with Crippen LogP contribution in [-0.2, 0) is 0 Å². The molecule has 0 atom stereocenters. The van der Waals surface area contributed by atoms with Gasteiger partial charge in [0.15, 0.2) is 5.17 Å². The number of aryl methyl sites for hydroxylation is 1. The van der Waals surface area contributed by atoms with Crippen molar-refractivity contribution in [2.45, 2.75) is 13.8 Å². The second kappa shape index (κ2) is 4.71. The Morgan fingerprint density at radius 1 is 1.40 bits per heavy atom. The molecule has 1 aliphatic heterocycles. The molecule has 0 unspecified atom stereocenters. The van der Waals surface area contributed by atoms with E-state index in [0.717, 1.165) is 18.8 Å². The molecule has 1 aromatic carbocycles. The maximum atomic E-state index is 4.72. The Bertz CT molecular complexity index is 374. The van der Waals surface area contributed by atoms with Crippen LogP contribution >= 0.6 is 11.8 Å². The zero-order chi connectivity index (χ0) is 10.7. The van der Waals surface area contributed by atoms with Crippen LogP contribution in [0, 0.1) is 6.92 Å². The minimum atomic E-state index is 1.05. The number of hydrogen-bond acceptors (Lipinski definition) is 2. The third kappa shape index (κ3) is 2.34. The Morgan fingerprint density at radius 3 is 2.93 bits per heavy atom.